The molecule has 1 unspecified atom stereocenters. The van der Waals surface area contributed by atoms with E-state index in [0.29, 0.717) is 29.4 Å². The van der Waals surface area contributed by atoms with Crippen molar-refractivity contribution in [2.24, 2.45) is 10.2 Å². The van der Waals surface area contributed by atoms with Crippen molar-refractivity contribution in [1.82, 2.24) is 24.7 Å². The molecule has 11 heteroatoms. The minimum absolute atomic E-state index is 0.0262. The van der Waals surface area contributed by atoms with Gasteiger partial charge in [0.1, 0.15) is 6.10 Å². The number of rotatable bonds is 7. The molecule has 3 aromatic heterocycles. The van der Waals surface area contributed by atoms with Gasteiger partial charge in [-0.25, -0.2) is 9.50 Å². The van der Waals surface area contributed by atoms with Crippen LogP contribution in [0.2, 0.25) is 0 Å². The molecule has 0 saturated heterocycles. The third kappa shape index (κ3) is 3.22. The number of anilines is 1. The van der Waals surface area contributed by atoms with Crippen molar-refractivity contribution in [3.63, 3.8) is 0 Å². The monoisotopic (exact) mass is 382 g/mol. The molecular formula is C17H18N8O3. The summed E-state index contributed by atoms with van der Waals surface area (Å²) in [6.07, 6.45) is -0.448. The van der Waals surface area contributed by atoms with Crippen molar-refractivity contribution >= 4 is 40.0 Å². The number of aliphatic hydroxyl groups excluding tert-OH is 1. The summed E-state index contributed by atoms with van der Waals surface area (Å²) in [4.78, 5) is 20.4. The topological polar surface area (TPSA) is 146 Å². The summed E-state index contributed by atoms with van der Waals surface area (Å²) in [7, 11) is 0. The molecule has 0 saturated carbocycles. The van der Waals surface area contributed by atoms with Crippen molar-refractivity contribution in [2.75, 3.05) is 11.9 Å². The second-order valence-corrected chi connectivity index (χ2v) is 6.14. The lowest BCUT2D eigenvalue weighted by Gasteiger charge is -2.05. The lowest BCUT2D eigenvalue weighted by atomic mass is 10.2. The van der Waals surface area contributed by atoms with Gasteiger partial charge in [-0.1, -0.05) is 29.3 Å². The van der Waals surface area contributed by atoms with Gasteiger partial charge in [0.2, 0.25) is 0 Å². The van der Waals surface area contributed by atoms with E-state index in [4.69, 9.17) is 4.52 Å². The Bertz CT molecular complexity index is 1170. The second-order valence-electron chi connectivity index (χ2n) is 6.14. The highest BCUT2D eigenvalue weighted by molar-refractivity contribution is 5.90. The molecule has 0 amide bonds. The smallest absolute Gasteiger partial charge is 0.366 e. The van der Waals surface area contributed by atoms with Gasteiger partial charge in [0.15, 0.2) is 28.8 Å². The first-order valence-corrected chi connectivity index (χ1v) is 8.75. The average molecular weight is 382 g/mol. The number of aromatic amines is 1. The van der Waals surface area contributed by atoms with E-state index in [9.17, 15) is 9.90 Å². The highest BCUT2D eigenvalue weighted by atomic mass is 16.5. The number of Topliss-reactive ketones (excluding diaryl/α,β-unsaturated/α-hetero) is 1. The summed E-state index contributed by atoms with van der Waals surface area (Å²) in [6.45, 7) is 3.24. The molecule has 0 aliphatic heterocycles. The molecule has 3 N–H and O–H groups in total. The molecule has 0 bridgehead atoms. The molecule has 0 aliphatic rings. The molecule has 1 atom stereocenters. The number of aryl methyl sites for hydroxylation is 1. The van der Waals surface area contributed by atoms with Gasteiger partial charge in [-0.05, 0) is 19.1 Å². The minimum atomic E-state index is -1.07. The number of hydrogen-bond donors (Lipinski definition) is 3. The summed E-state index contributed by atoms with van der Waals surface area (Å²) in [5.41, 5.74) is 2.52. The number of aliphatic hydroxyl groups is 1. The van der Waals surface area contributed by atoms with Crippen LogP contribution in [-0.2, 0) is 11.2 Å². The van der Waals surface area contributed by atoms with Gasteiger partial charge in [0, 0.05) is 6.42 Å². The Morgan fingerprint density at radius 2 is 2.18 bits per heavy atom. The van der Waals surface area contributed by atoms with Gasteiger partial charge < -0.3 is 14.9 Å². The molecule has 0 aliphatic carbocycles. The first-order chi connectivity index (χ1) is 13.6. The Labute approximate surface area is 158 Å². The summed E-state index contributed by atoms with van der Waals surface area (Å²) in [5.74, 6) is 0.603. The maximum absolute atomic E-state index is 11.8. The Morgan fingerprint density at radius 3 is 2.93 bits per heavy atom. The maximum Gasteiger partial charge on any atom is 0.366 e. The lowest BCUT2D eigenvalue weighted by Crippen LogP contribution is -2.24. The van der Waals surface area contributed by atoms with Crippen LogP contribution in [0.4, 0.5) is 17.5 Å². The van der Waals surface area contributed by atoms with Crippen LogP contribution in [0.15, 0.2) is 39.0 Å². The number of carbonyl (C=O) groups is 1. The van der Waals surface area contributed by atoms with Crippen molar-refractivity contribution in [3.8, 4) is 0 Å². The van der Waals surface area contributed by atoms with E-state index in [2.05, 4.69) is 35.8 Å². The SMILES string of the molecule is CCc1noc(N=Nc2c(NCC(=O)C(C)O)[nH]n3c2nc2ccccc23)n1. The van der Waals surface area contributed by atoms with E-state index in [0.717, 1.165) is 11.0 Å². The minimum Gasteiger partial charge on any atom is -0.386 e. The van der Waals surface area contributed by atoms with Gasteiger partial charge >= 0.3 is 6.01 Å². The zero-order valence-electron chi connectivity index (χ0n) is 15.2. The zero-order valence-corrected chi connectivity index (χ0v) is 15.2. The second kappa shape index (κ2) is 7.19. The van der Waals surface area contributed by atoms with E-state index in [1.807, 2.05) is 31.2 Å². The van der Waals surface area contributed by atoms with Gasteiger partial charge in [-0.3, -0.25) is 9.89 Å². The molecule has 11 nitrogen and oxygen atoms in total. The largest absolute Gasteiger partial charge is 0.386 e. The first-order valence-electron chi connectivity index (χ1n) is 8.75. The zero-order chi connectivity index (χ0) is 19.7. The van der Waals surface area contributed by atoms with E-state index in [1.165, 1.54) is 6.92 Å². The summed E-state index contributed by atoms with van der Waals surface area (Å²) in [6, 6.07) is 7.60. The van der Waals surface area contributed by atoms with Crippen LogP contribution in [0.5, 0.6) is 0 Å². The van der Waals surface area contributed by atoms with Crippen LogP contribution in [0.3, 0.4) is 0 Å². The number of imidazole rings is 1. The number of nitrogens with one attached hydrogen (secondary N) is 2. The normalized spacial score (nSPS) is 13.0. The average Bonchev–Trinajstić information content (AvgIpc) is 3.38. The number of azo groups is 1. The molecule has 0 fully saturated rings. The van der Waals surface area contributed by atoms with Crippen molar-refractivity contribution in [1.29, 1.82) is 0 Å². The Balaban J connectivity index is 1.75. The van der Waals surface area contributed by atoms with Crippen LogP contribution < -0.4 is 5.32 Å². The molecule has 1 aromatic carbocycles. The van der Waals surface area contributed by atoms with Gasteiger partial charge in [0.25, 0.3) is 0 Å². The summed E-state index contributed by atoms with van der Waals surface area (Å²) >= 11 is 0. The fraction of sp³-hybridized carbons (Fsp3) is 0.294. The van der Waals surface area contributed by atoms with Gasteiger partial charge in [0.05, 0.1) is 17.6 Å². The number of para-hydroxylation sites is 2. The van der Waals surface area contributed by atoms with Crippen LogP contribution in [-0.4, -0.2) is 48.3 Å². The Kier molecular flexibility index (Phi) is 4.57. The van der Waals surface area contributed by atoms with Crippen molar-refractivity contribution in [2.45, 2.75) is 26.4 Å². The predicted molar refractivity (Wildman–Crippen MR) is 100 cm³/mol. The molecule has 4 aromatic rings. The summed E-state index contributed by atoms with van der Waals surface area (Å²) < 4.78 is 6.77. The summed E-state index contributed by atoms with van der Waals surface area (Å²) in [5, 5.41) is 27.4. The number of H-pyrrole nitrogens is 1. The molecule has 144 valence electrons. The number of ketones is 1. The number of nitrogens with zero attached hydrogens (tertiary/aromatic N) is 6. The van der Waals surface area contributed by atoms with Crippen molar-refractivity contribution in [3.05, 3.63) is 30.1 Å². The quantitative estimate of drug-likeness (QED) is 0.416. The number of benzene rings is 1. The van der Waals surface area contributed by atoms with Crippen LogP contribution in [0.25, 0.3) is 16.7 Å². The predicted octanol–water partition coefficient (Wildman–Crippen LogP) is 2.54. The van der Waals surface area contributed by atoms with Crippen molar-refractivity contribution < 1.29 is 14.4 Å². The van der Waals surface area contributed by atoms with E-state index < -0.39 is 6.10 Å². The van der Waals surface area contributed by atoms with E-state index in [-0.39, 0.29) is 18.3 Å². The molecule has 3 heterocycles. The Morgan fingerprint density at radius 1 is 1.36 bits per heavy atom. The third-order valence-electron chi connectivity index (χ3n) is 4.15. The Hall–Kier alpha value is -3.60. The fourth-order valence-corrected chi connectivity index (χ4v) is 2.64. The number of hydrogen-bond acceptors (Lipinski definition) is 9. The number of fused-ring (bicyclic) bond motifs is 3. The van der Waals surface area contributed by atoms with Crippen LogP contribution in [0.1, 0.15) is 19.7 Å². The maximum atomic E-state index is 11.8. The first kappa shape index (κ1) is 17.8. The molecule has 0 radical (unpaired) electrons. The molecule has 4 rings (SSSR count). The highest BCUT2D eigenvalue weighted by Crippen LogP contribution is 2.33. The lowest BCUT2D eigenvalue weighted by molar-refractivity contribution is -0.124. The van der Waals surface area contributed by atoms with Crippen LogP contribution >= 0.6 is 0 Å². The molecule has 28 heavy (non-hydrogen) atoms. The third-order valence-corrected chi connectivity index (χ3v) is 4.15. The molecule has 0 spiro atoms. The molecular weight excluding hydrogens is 364 g/mol. The van der Waals surface area contributed by atoms with Crippen LogP contribution in [0, 0.1) is 0 Å². The van der Waals surface area contributed by atoms with E-state index in [1.54, 1.807) is 4.52 Å². The van der Waals surface area contributed by atoms with Gasteiger partial charge in [-0.15, -0.1) is 5.11 Å². The highest BCUT2D eigenvalue weighted by Gasteiger charge is 2.18. The van der Waals surface area contributed by atoms with E-state index >= 15 is 0 Å². The van der Waals surface area contributed by atoms with Gasteiger partial charge in [-0.2, -0.15) is 4.98 Å². The fourth-order valence-electron chi connectivity index (χ4n) is 2.64. The standard InChI is InChI=1S/C17H18N8O3/c1-3-13-20-17(28-24-13)22-21-14-15(18-8-12(27)9(2)26)23-25-11-7-5-4-6-10(11)19-16(14)25/h4-7,9,18,23,26H,3,8H2,1-2H3. The number of aromatic nitrogens is 5. The number of carbonyl (C=O) groups excluding carboxylic acids is 1.